The normalized spacial score (nSPS) is 12.7. The number of halogens is 6. The molecule has 0 spiro atoms. The maximum atomic E-state index is 13.0. The van der Waals surface area contributed by atoms with Crippen molar-refractivity contribution in [3.63, 3.8) is 0 Å². The van der Waals surface area contributed by atoms with E-state index in [1.165, 1.54) is 59.3 Å². The van der Waals surface area contributed by atoms with E-state index < -0.39 is 33.3 Å². The molecule has 0 unspecified atom stereocenters. The quantitative estimate of drug-likeness (QED) is 0.289. The zero-order valence-electron chi connectivity index (χ0n) is 17.9. The summed E-state index contributed by atoms with van der Waals surface area (Å²) in [7, 11) is -3.46. The monoisotopic (exact) mass is 510 g/mol. The third-order valence-corrected chi connectivity index (χ3v) is 6.36. The minimum Gasteiger partial charge on any atom is -0.232 e. The van der Waals surface area contributed by atoms with Crippen molar-refractivity contribution in [1.82, 2.24) is 9.78 Å². The van der Waals surface area contributed by atoms with Crippen LogP contribution in [0.2, 0.25) is 0 Å². The van der Waals surface area contributed by atoms with Gasteiger partial charge in [-0.05, 0) is 54.6 Å². The van der Waals surface area contributed by atoms with Crippen molar-refractivity contribution < 1.29 is 34.8 Å². The summed E-state index contributed by atoms with van der Waals surface area (Å²) in [5.41, 5.74) is 0.105. The van der Waals surface area contributed by atoms with E-state index in [4.69, 9.17) is 0 Å². The molecule has 4 rings (SSSR count). The summed E-state index contributed by atoms with van der Waals surface area (Å²) < 4.78 is 103. The first-order chi connectivity index (χ1) is 16.2. The summed E-state index contributed by atoms with van der Waals surface area (Å²) in [6.07, 6.45) is -7.98. The standard InChI is InChI=1S/C24H16F6N2O2S/c1-35(33,34)20-12-10-19(11-13-20)32-22(16-4-8-18(9-5-16)24(28,29)30)14-21(31-32)15-2-6-17(7-3-15)23(25,26)27/h2-14H,1H3. The van der Waals surface area contributed by atoms with Crippen LogP contribution in [0, 0.1) is 0 Å². The first-order valence-electron chi connectivity index (χ1n) is 9.99. The Morgan fingerprint density at radius 2 is 1.14 bits per heavy atom. The number of benzene rings is 3. The van der Waals surface area contributed by atoms with Crippen LogP contribution < -0.4 is 0 Å². The zero-order valence-corrected chi connectivity index (χ0v) is 18.7. The SMILES string of the molecule is CS(=O)(=O)c1ccc(-n2nc(-c3ccc(C(F)(F)F)cc3)cc2-c2ccc(C(F)(F)F)cc2)cc1. The van der Waals surface area contributed by atoms with Gasteiger partial charge in [-0.15, -0.1) is 0 Å². The summed E-state index contributed by atoms with van der Waals surface area (Å²) in [6, 6.07) is 15.9. The Kier molecular flexibility index (Phi) is 6.00. The number of nitrogens with zero attached hydrogens (tertiary/aromatic N) is 2. The predicted octanol–water partition coefficient (Wildman–Crippen LogP) is 6.65. The lowest BCUT2D eigenvalue weighted by molar-refractivity contribution is -0.138. The number of hydrogen-bond donors (Lipinski definition) is 0. The highest BCUT2D eigenvalue weighted by Crippen LogP contribution is 2.35. The highest BCUT2D eigenvalue weighted by Gasteiger charge is 2.31. The van der Waals surface area contributed by atoms with E-state index in [1.54, 1.807) is 0 Å². The molecule has 0 aliphatic heterocycles. The van der Waals surface area contributed by atoms with E-state index in [9.17, 15) is 34.8 Å². The van der Waals surface area contributed by atoms with Gasteiger partial charge >= 0.3 is 12.4 Å². The van der Waals surface area contributed by atoms with Crippen LogP contribution in [-0.4, -0.2) is 24.5 Å². The van der Waals surface area contributed by atoms with Crippen LogP contribution in [-0.2, 0) is 22.2 Å². The van der Waals surface area contributed by atoms with Gasteiger partial charge in [0.1, 0.15) is 0 Å². The van der Waals surface area contributed by atoms with E-state index in [2.05, 4.69) is 5.10 Å². The van der Waals surface area contributed by atoms with Gasteiger partial charge in [0.25, 0.3) is 0 Å². The fraction of sp³-hybridized carbons (Fsp3) is 0.125. The largest absolute Gasteiger partial charge is 0.416 e. The topological polar surface area (TPSA) is 52.0 Å². The van der Waals surface area contributed by atoms with Crippen LogP contribution in [0.15, 0.2) is 83.8 Å². The third kappa shape index (κ3) is 5.24. The summed E-state index contributed by atoms with van der Waals surface area (Å²) >= 11 is 0. The molecule has 0 amide bonds. The van der Waals surface area contributed by atoms with Crippen LogP contribution >= 0.6 is 0 Å². The van der Waals surface area contributed by atoms with Gasteiger partial charge in [0.15, 0.2) is 9.84 Å². The minimum atomic E-state index is -4.52. The van der Waals surface area contributed by atoms with Crippen molar-refractivity contribution in [3.05, 3.63) is 90.0 Å². The molecule has 0 atom stereocenters. The van der Waals surface area contributed by atoms with E-state index in [1.807, 2.05) is 0 Å². The smallest absolute Gasteiger partial charge is 0.232 e. The Morgan fingerprint density at radius 3 is 1.57 bits per heavy atom. The van der Waals surface area contributed by atoms with Crippen molar-refractivity contribution in [2.24, 2.45) is 0 Å². The van der Waals surface area contributed by atoms with Gasteiger partial charge in [-0.3, -0.25) is 0 Å². The molecule has 0 fully saturated rings. The second-order valence-electron chi connectivity index (χ2n) is 7.74. The number of alkyl halides is 6. The van der Waals surface area contributed by atoms with Crippen molar-refractivity contribution in [2.45, 2.75) is 17.2 Å². The van der Waals surface area contributed by atoms with E-state index in [0.717, 1.165) is 30.5 Å². The van der Waals surface area contributed by atoms with Gasteiger partial charge in [0.2, 0.25) is 0 Å². The molecule has 4 nitrogen and oxygen atoms in total. The lowest BCUT2D eigenvalue weighted by atomic mass is 10.1. The van der Waals surface area contributed by atoms with Gasteiger partial charge in [-0.2, -0.15) is 31.4 Å². The molecule has 0 radical (unpaired) electrons. The molecule has 3 aromatic carbocycles. The van der Waals surface area contributed by atoms with E-state index in [-0.39, 0.29) is 10.6 Å². The summed E-state index contributed by atoms with van der Waals surface area (Å²) in [5, 5.41) is 4.45. The highest BCUT2D eigenvalue weighted by molar-refractivity contribution is 7.90. The Balaban J connectivity index is 1.83. The van der Waals surface area contributed by atoms with Crippen LogP contribution in [0.25, 0.3) is 28.2 Å². The average molecular weight is 510 g/mol. The number of hydrogen-bond acceptors (Lipinski definition) is 3. The van der Waals surface area contributed by atoms with Gasteiger partial charge in [-0.25, -0.2) is 13.1 Å². The molecule has 4 aromatic rings. The van der Waals surface area contributed by atoms with Gasteiger partial charge in [0, 0.05) is 17.4 Å². The van der Waals surface area contributed by atoms with E-state index >= 15 is 0 Å². The molecule has 182 valence electrons. The van der Waals surface area contributed by atoms with Crippen molar-refractivity contribution in [3.8, 4) is 28.2 Å². The predicted molar refractivity (Wildman–Crippen MR) is 118 cm³/mol. The summed E-state index contributed by atoms with van der Waals surface area (Å²) in [4.78, 5) is 0.0625. The lowest BCUT2D eigenvalue weighted by Gasteiger charge is -2.10. The molecule has 0 N–H and O–H groups in total. The van der Waals surface area contributed by atoms with Crippen LogP contribution in [0.5, 0.6) is 0 Å². The Morgan fingerprint density at radius 1 is 0.686 bits per heavy atom. The first-order valence-corrected chi connectivity index (χ1v) is 11.9. The molecule has 35 heavy (non-hydrogen) atoms. The maximum absolute atomic E-state index is 13.0. The number of aromatic nitrogens is 2. The lowest BCUT2D eigenvalue weighted by Crippen LogP contribution is -2.05. The molecule has 1 heterocycles. The number of sulfone groups is 1. The Labute approximate surface area is 196 Å². The zero-order chi connectivity index (χ0) is 25.6. The van der Waals surface area contributed by atoms with Gasteiger partial charge in [0.05, 0.1) is 33.1 Å². The molecular weight excluding hydrogens is 494 g/mol. The molecule has 0 aliphatic rings. The minimum absolute atomic E-state index is 0.0625. The average Bonchev–Trinajstić information content (AvgIpc) is 3.23. The summed E-state index contributed by atoms with van der Waals surface area (Å²) in [5.74, 6) is 0. The van der Waals surface area contributed by atoms with Crippen molar-refractivity contribution in [1.29, 1.82) is 0 Å². The van der Waals surface area contributed by atoms with E-state index in [0.29, 0.717) is 22.5 Å². The van der Waals surface area contributed by atoms with Crippen LogP contribution in [0.1, 0.15) is 11.1 Å². The molecular formula is C24H16F6N2O2S. The van der Waals surface area contributed by atoms with Crippen molar-refractivity contribution >= 4 is 9.84 Å². The summed E-state index contributed by atoms with van der Waals surface area (Å²) in [6.45, 7) is 0. The molecule has 11 heteroatoms. The molecule has 0 aliphatic carbocycles. The molecule has 0 saturated carbocycles. The number of rotatable bonds is 4. The molecule has 1 aromatic heterocycles. The van der Waals surface area contributed by atoms with Crippen LogP contribution in [0.4, 0.5) is 26.3 Å². The van der Waals surface area contributed by atoms with Gasteiger partial charge < -0.3 is 0 Å². The second kappa shape index (κ2) is 8.56. The van der Waals surface area contributed by atoms with Crippen molar-refractivity contribution in [2.75, 3.05) is 6.26 Å². The Bertz CT molecular complexity index is 1450. The third-order valence-electron chi connectivity index (χ3n) is 5.23. The first kappa shape index (κ1) is 24.5. The fourth-order valence-corrected chi connectivity index (χ4v) is 4.05. The Hall–Kier alpha value is -3.60. The molecule has 0 bridgehead atoms. The van der Waals surface area contributed by atoms with Gasteiger partial charge in [-0.1, -0.05) is 24.3 Å². The maximum Gasteiger partial charge on any atom is 0.416 e. The highest BCUT2D eigenvalue weighted by atomic mass is 32.2. The molecule has 0 saturated heterocycles. The van der Waals surface area contributed by atoms with Crippen LogP contribution in [0.3, 0.4) is 0 Å². The fourth-order valence-electron chi connectivity index (χ4n) is 3.42. The second-order valence-corrected chi connectivity index (χ2v) is 9.76.